The number of rotatable bonds is 3. The van der Waals surface area contributed by atoms with Crippen LogP contribution in [0.3, 0.4) is 0 Å². The summed E-state index contributed by atoms with van der Waals surface area (Å²) in [5.41, 5.74) is 0. The van der Waals surface area contributed by atoms with Gasteiger partial charge in [0.1, 0.15) is 0 Å². The van der Waals surface area contributed by atoms with E-state index < -0.39 is 0 Å². The first-order valence-electron chi connectivity index (χ1n) is 8.09. The molecule has 1 saturated carbocycles. The highest BCUT2D eigenvalue weighted by atomic mass is 16.6. The minimum Gasteiger partial charge on any atom is -0.450 e. The molecular weight excluding hydrogens is 270 g/mol. The minimum atomic E-state index is -0.250. The van der Waals surface area contributed by atoms with Gasteiger partial charge in [-0.2, -0.15) is 0 Å². The van der Waals surface area contributed by atoms with Gasteiger partial charge in [0.05, 0.1) is 6.61 Å². The molecule has 1 heterocycles. The van der Waals surface area contributed by atoms with Gasteiger partial charge in [-0.15, -0.1) is 0 Å². The molecule has 6 heteroatoms. The van der Waals surface area contributed by atoms with E-state index in [0.717, 1.165) is 19.3 Å². The second-order valence-electron chi connectivity index (χ2n) is 6.09. The second-order valence-corrected chi connectivity index (χ2v) is 6.09. The van der Waals surface area contributed by atoms with Crippen molar-refractivity contribution in [1.29, 1.82) is 0 Å². The maximum Gasteiger partial charge on any atom is 0.409 e. The van der Waals surface area contributed by atoms with E-state index in [1.807, 2.05) is 0 Å². The first kappa shape index (κ1) is 15.9. The summed E-state index contributed by atoms with van der Waals surface area (Å²) in [6.07, 6.45) is 4.79. The topological polar surface area (TPSA) is 70.7 Å². The molecule has 2 atom stereocenters. The largest absolute Gasteiger partial charge is 0.450 e. The molecule has 3 amide bonds. The lowest BCUT2D eigenvalue weighted by Gasteiger charge is -2.32. The number of likely N-dealkylation sites (tertiary alicyclic amines) is 1. The monoisotopic (exact) mass is 297 g/mol. The maximum absolute atomic E-state index is 12.0. The summed E-state index contributed by atoms with van der Waals surface area (Å²) in [6.45, 7) is 5.68. The summed E-state index contributed by atoms with van der Waals surface area (Å²) in [5.74, 6) is 0.571. The van der Waals surface area contributed by atoms with Crippen molar-refractivity contribution in [1.82, 2.24) is 15.5 Å². The Hall–Kier alpha value is -1.46. The Morgan fingerprint density at radius 2 is 1.86 bits per heavy atom. The molecule has 0 bridgehead atoms. The average molecular weight is 297 g/mol. The van der Waals surface area contributed by atoms with Crippen LogP contribution < -0.4 is 10.6 Å². The number of ether oxygens (including phenoxy) is 1. The quantitative estimate of drug-likeness (QED) is 0.838. The first-order chi connectivity index (χ1) is 10.1. The van der Waals surface area contributed by atoms with E-state index >= 15 is 0 Å². The van der Waals surface area contributed by atoms with Crippen LogP contribution >= 0.6 is 0 Å². The zero-order valence-corrected chi connectivity index (χ0v) is 13.1. The number of urea groups is 1. The number of carbonyl (C=O) groups is 2. The van der Waals surface area contributed by atoms with E-state index in [1.54, 1.807) is 11.8 Å². The van der Waals surface area contributed by atoms with E-state index in [1.165, 1.54) is 12.8 Å². The molecular formula is C15H27N3O3. The highest BCUT2D eigenvalue weighted by Crippen LogP contribution is 2.24. The number of carbonyl (C=O) groups excluding carboxylic acids is 2. The third-order valence-corrected chi connectivity index (χ3v) is 4.53. The molecule has 0 spiro atoms. The van der Waals surface area contributed by atoms with Gasteiger partial charge in [0, 0.05) is 25.2 Å². The number of amides is 3. The van der Waals surface area contributed by atoms with Crippen molar-refractivity contribution in [2.45, 2.75) is 58.0 Å². The fraction of sp³-hybridized carbons (Fsp3) is 0.867. The highest BCUT2D eigenvalue weighted by Gasteiger charge is 2.27. The SMILES string of the molecule is CCOC(=O)N1CCC(NC(=O)NC2CCCC2C)CC1. The number of nitrogens with zero attached hydrogens (tertiary/aromatic N) is 1. The van der Waals surface area contributed by atoms with Crippen LogP contribution in [0.25, 0.3) is 0 Å². The maximum atomic E-state index is 12.0. The molecule has 2 unspecified atom stereocenters. The Balaban J connectivity index is 1.68. The predicted octanol–water partition coefficient (Wildman–Crippen LogP) is 2.10. The van der Waals surface area contributed by atoms with Crippen LogP contribution in [-0.4, -0.2) is 48.8 Å². The fourth-order valence-corrected chi connectivity index (χ4v) is 3.18. The van der Waals surface area contributed by atoms with Crippen LogP contribution in [0.15, 0.2) is 0 Å². The lowest BCUT2D eigenvalue weighted by atomic mass is 10.1. The van der Waals surface area contributed by atoms with E-state index in [0.29, 0.717) is 31.7 Å². The Bertz CT molecular complexity index is 367. The number of hydrogen-bond donors (Lipinski definition) is 2. The third kappa shape index (κ3) is 4.51. The van der Waals surface area contributed by atoms with Crippen molar-refractivity contribution in [3.8, 4) is 0 Å². The van der Waals surface area contributed by atoms with Gasteiger partial charge < -0.3 is 20.3 Å². The first-order valence-corrected chi connectivity index (χ1v) is 8.09. The molecule has 120 valence electrons. The van der Waals surface area contributed by atoms with Gasteiger partial charge in [0.2, 0.25) is 0 Å². The van der Waals surface area contributed by atoms with Gasteiger partial charge in [-0.25, -0.2) is 9.59 Å². The average Bonchev–Trinajstić information content (AvgIpc) is 2.85. The van der Waals surface area contributed by atoms with E-state index in [9.17, 15) is 9.59 Å². The lowest BCUT2D eigenvalue weighted by molar-refractivity contribution is 0.0957. The predicted molar refractivity (Wildman–Crippen MR) is 80.1 cm³/mol. The Kier molecular flexibility index (Phi) is 5.70. The van der Waals surface area contributed by atoms with E-state index in [4.69, 9.17) is 4.74 Å². The molecule has 0 aromatic heterocycles. The molecule has 0 aromatic rings. The zero-order valence-electron chi connectivity index (χ0n) is 13.1. The van der Waals surface area contributed by atoms with E-state index in [-0.39, 0.29) is 18.2 Å². The van der Waals surface area contributed by atoms with Crippen molar-refractivity contribution in [2.75, 3.05) is 19.7 Å². The molecule has 6 nitrogen and oxygen atoms in total. The van der Waals surface area contributed by atoms with Crippen LogP contribution in [0.5, 0.6) is 0 Å². The zero-order chi connectivity index (χ0) is 15.2. The van der Waals surface area contributed by atoms with Gasteiger partial charge >= 0.3 is 12.1 Å². The van der Waals surface area contributed by atoms with Crippen LogP contribution in [0.1, 0.15) is 46.0 Å². The molecule has 0 radical (unpaired) electrons. The standard InChI is InChI=1S/C15H27N3O3/c1-3-21-15(20)18-9-7-12(8-10-18)16-14(19)17-13-6-4-5-11(13)2/h11-13H,3-10H2,1-2H3,(H2,16,17,19). The Morgan fingerprint density at radius 1 is 1.14 bits per heavy atom. The van der Waals surface area contributed by atoms with Gasteiger partial charge in [-0.1, -0.05) is 13.3 Å². The molecule has 0 aromatic carbocycles. The summed E-state index contributed by atoms with van der Waals surface area (Å²) >= 11 is 0. The second kappa shape index (κ2) is 7.52. The Morgan fingerprint density at radius 3 is 2.43 bits per heavy atom. The highest BCUT2D eigenvalue weighted by molar-refractivity contribution is 5.74. The summed E-state index contributed by atoms with van der Waals surface area (Å²) in [5, 5.41) is 6.10. The molecule has 1 aliphatic carbocycles. The molecule has 2 N–H and O–H groups in total. The number of hydrogen-bond acceptors (Lipinski definition) is 3. The molecule has 1 saturated heterocycles. The van der Waals surface area contributed by atoms with Crippen LogP contribution in [0, 0.1) is 5.92 Å². The van der Waals surface area contributed by atoms with Crippen molar-refractivity contribution < 1.29 is 14.3 Å². The van der Waals surface area contributed by atoms with Crippen LogP contribution in [0.2, 0.25) is 0 Å². The normalized spacial score (nSPS) is 26.5. The summed E-state index contributed by atoms with van der Waals surface area (Å²) in [7, 11) is 0. The molecule has 1 aliphatic heterocycles. The molecule has 2 fully saturated rings. The van der Waals surface area contributed by atoms with Crippen molar-refractivity contribution in [2.24, 2.45) is 5.92 Å². The fourth-order valence-electron chi connectivity index (χ4n) is 3.18. The van der Waals surface area contributed by atoms with Crippen molar-refractivity contribution in [3.63, 3.8) is 0 Å². The van der Waals surface area contributed by atoms with Gasteiger partial charge in [0.15, 0.2) is 0 Å². The van der Waals surface area contributed by atoms with Gasteiger partial charge in [-0.3, -0.25) is 0 Å². The van der Waals surface area contributed by atoms with Crippen molar-refractivity contribution >= 4 is 12.1 Å². The molecule has 2 rings (SSSR count). The van der Waals surface area contributed by atoms with Gasteiger partial charge in [-0.05, 0) is 38.5 Å². The third-order valence-electron chi connectivity index (χ3n) is 4.53. The number of nitrogens with one attached hydrogen (secondary N) is 2. The smallest absolute Gasteiger partial charge is 0.409 e. The molecule has 21 heavy (non-hydrogen) atoms. The van der Waals surface area contributed by atoms with Crippen molar-refractivity contribution in [3.05, 3.63) is 0 Å². The van der Waals surface area contributed by atoms with Crippen LogP contribution in [-0.2, 0) is 4.74 Å². The van der Waals surface area contributed by atoms with Crippen LogP contribution in [0.4, 0.5) is 9.59 Å². The summed E-state index contributed by atoms with van der Waals surface area (Å²) in [4.78, 5) is 25.3. The van der Waals surface area contributed by atoms with Gasteiger partial charge in [0.25, 0.3) is 0 Å². The molecule has 2 aliphatic rings. The Labute approximate surface area is 126 Å². The summed E-state index contributed by atoms with van der Waals surface area (Å²) < 4.78 is 4.99. The minimum absolute atomic E-state index is 0.0664. The van der Waals surface area contributed by atoms with E-state index in [2.05, 4.69) is 17.6 Å². The lowest BCUT2D eigenvalue weighted by Crippen LogP contribution is -2.51. The summed E-state index contributed by atoms with van der Waals surface area (Å²) in [6, 6.07) is 0.389. The number of piperidine rings is 1.